The number of rotatable bonds is 2. The summed E-state index contributed by atoms with van der Waals surface area (Å²) in [6, 6.07) is 12.6. The molecule has 0 atom stereocenters. The molecule has 2 rings (SSSR count). The fourth-order valence-electron chi connectivity index (χ4n) is 3.10. The molecule has 0 unspecified atom stereocenters. The van der Waals surface area contributed by atoms with Crippen LogP contribution in [0.15, 0.2) is 36.4 Å². The van der Waals surface area contributed by atoms with Gasteiger partial charge in [-0.3, -0.25) is 0 Å². The van der Waals surface area contributed by atoms with E-state index in [0.29, 0.717) is 0 Å². The lowest BCUT2D eigenvalue weighted by Gasteiger charge is -2.27. The first kappa shape index (κ1) is 17.4. The number of benzene rings is 2. The molecule has 0 saturated heterocycles. The lowest BCUT2D eigenvalue weighted by Crippen LogP contribution is -2.18. The van der Waals surface area contributed by atoms with Gasteiger partial charge in [0.25, 0.3) is 0 Å². The van der Waals surface area contributed by atoms with Crippen LogP contribution in [0.2, 0.25) is 0 Å². The number of hydrogen-bond donors (Lipinski definition) is 2. The second kappa shape index (κ2) is 5.92. The van der Waals surface area contributed by atoms with Gasteiger partial charge in [-0.2, -0.15) is 0 Å². The SMILES string of the molecule is CC(C)(C)c1cc(N)ccc1Cc1ccc(N)cc1C(C)(C)C. The Morgan fingerprint density at radius 1 is 0.652 bits per heavy atom. The number of nitrogen functional groups attached to an aromatic ring is 2. The van der Waals surface area contributed by atoms with Crippen molar-refractivity contribution in [1.29, 1.82) is 0 Å². The molecule has 2 aromatic carbocycles. The maximum atomic E-state index is 6.02. The van der Waals surface area contributed by atoms with Crippen LogP contribution in [0, 0.1) is 0 Å². The van der Waals surface area contributed by atoms with Crippen molar-refractivity contribution in [2.24, 2.45) is 0 Å². The molecule has 0 aromatic heterocycles. The molecule has 0 aliphatic heterocycles. The number of nitrogens with two attached hydrogens (primary N) is 2. The van der Waals surface area contributed by atoms with Gasteiger partial charge in [-0.1, -0.05) is 53.7 Å². The molecule has 0 bridgehead atoms. The highest BCUT2D eigenvalue weighted by molar-refractivity contribution is 5.52. The summed E-state index contributed by atoms with van der Waals surface area (Å²) in [5, 5.41) is 0. The second-order valence-electron chi connectivity index (χ2n) is 8.51. The van der Waals surface area contributed by atoms with Gasteiger partial charge in [0.1, 0.15) is 0 Å². The van der Waals surface area contributed by atoms with Crippen molar-refractivity contribution in [3.8, 4) is 0 Å². The lowest BCUT2D eigenvalue weighted by atomic mass is 9.78. The van der Waals surface area contributed by atoms with E-state index >= 15 is 0 Å². The van der Waals surface area contributed by atoms with E-state index in [4.69, 9.17) is 11.5 Å². The molecule has 4 N–H and O–H groups in total. The third-order valence-electron chi connectivity index (χ3n) is 4.26. The molecule has 2 aromatic rings. The van der Waals surface area contributed by atoms with E-state index in [1.165, 1.54) is 22.3 Å². The van der Waals surface area contributed by atoms with Gasteiger partial charge < -0.3 is 11.5 Å². The Kier molecular flexibility index (Phi) is 4.48. The maximum absolute atomic E-state index is 6.02. The third-order valence-corrected chi connectivity index (χ3v) is 4.26. The Morgan fingerprint density at radius 3 is 1.30 bits per heavy atom. The van der Waals surface area contributed by atoms with E-state index in [1.54, 1.807) is 0 Å². The molecule has 23 heavy (non-hydrogen) atoms. The van der Waals surface area contributed by atoms with Crippen molar-refractivity contribution in [1.82, 2.24) is 0 Å². The predicted octanol–water partition coefficient (Wildman–Crippen LogP) is 5.04. The van der Waals surface area contributed by atoms with Crippen LogP contribution < -0.4 is 11.5 Å². The van der Waals surface area contributed by atoms with Crippen molar-refractivity contribution in [2.45, 2.75) is 58.8 Å². The van der Waals surface area contributed by atoms with Crippen molar-refractivity contribution in [3.05, 3.63) is 58.7 Å². The molecule has 2 nitrogen and oxygen atoms in total. The highest BCUT2D eigenvalue weighted by atomic mass is 14.5. The smallest absolute Gasteiger partial charge is 0.0317 e. The van der Waals surface area contributed by atoms with Gasteiger partial charge in [0.05, 0.1) is 0 Å². The Morgan fingerprint density at radius 2 is 1.00 bits per heavy atom. The average molecular weight is 310 g/mol. The van der Waals surface area contributed by atoms with E-state index in [9.17, 15) is 0 Å². The number of hydrogen-bond acceptors (Lipinski definition) is 2. The van der Waals surface area contributed by atoms with E-state index in [-0.39, 0.29) is 10.8 Å². The first-order chi connectivity index (χ1) is 10.5. The quantitative estimate of drug-likeness (QED) is 0.764. The van der Waals surface area contributed by atoms with E-state index in [0.717, 1.165) is 17.8 Å². The van der Waals surface area contributed by atoms with Gasteiger partial charge in [0.15, 0.2) is 0 Å². The zero-order chi connectivity index (χ0) is 17.4. The standard InChI is InChI=1S/C21H30N2/c1-20(2,3)18-12-16(22)9-7-14(18)11-15-8-10-17(23)13-19(15)21(4,5)6/h7-10,12-13H,11,22-23H2,1-6H3. The highest BCUT2D eigenvalue weighted by Crippen LogP contribution is 2.33. The van der Waals surface area contributed by atoms with E-state index in [1.807, 2.05) is 12.1 Å². The average Bonchev–Trinajstić information content (AvgIpc) is 2.40. The van der Waals surface area contributed by atoms with Crippen LogP contribution in [-0.4, -0.2) is 0 Å². The predicted molar refractivity (Wildman–Crippen MR) is 102 cm³/mol. The third kappa shape index (κ3) is 4.07. The summed E-state index contributed by atoms with van der Waals surface area (Å²) >= 11 is 0. The summed E-state index contributed by atoms with van der Waals surface area (Å²) in [7, 11) is 0. The molecule has 124 valence electrons. The maximum Gasteiger partial charge on any atom is 0.0317 e. The molecule has 0 amide bonds. The van der Waals surface area contributed by atoms with Crippen molar-refractivity contribution in [2.75, 3.05) is 11.5 Å². The van der Waals surface area contributed by atoms with Gasteiger partial charge in [-0.05, 0) is 63.8 Å². The lowest BCUT2D eigenvalue weighted by molar-refractivity contribution is 0.577. The van der Waals surface area contributed by atoms with Gasteiger partial charge in [-0.25, -0.2) is 0 Å². The molecular formula is C21H30N2. The molecule has 0 fully saturated rings. The summed E-state index contributed by atoms with van der Waals surface area (Å²) in [6.45, 7) is 13.4. The summed E-state index contributed by atoms with van der Waals surface area (Å²) in [4.78, 5) is 0. The fraction of sp³-hybridized carbons (Fsp3) is 0.429. The highest BCUT2D eigenvalue weighted by Gasteiger charge is 2.22. The Labute approximate surface area is 140 Å². The van der Waals surface area contributed by atoms with Crippen LogP contribution in [0.3, 0.4) is 0 Å². The van der Waals surface area contributed by atoms with Crippen LogP contribution in [0.25, 0.3) is 0 Å². The normalized spacial score (nSPS) is 12.4. The van der Waals surface area contributed by atoms with Gasteiger partial charge in [-0.15, -0.1) is 0 Å². The Bertz CT molecular complexity index is 639. The van der Waals surface area contributed by atoms with Crippen LogP contribution in [0.1, 0.15) is 63.8 Å². The minimum Gasteiger partial charge on any atom is -0.399 e. The first-order valence-electron chi connectivity index (χ1n) is 8.26. The van der Waals surface area contributed by atoms with Crippen LogP contribution in [-0.2, 0) is 17.3 Å². The number of anilines is 2. The summed E-state index contributed by atoms with van der Waals surface area (Å²) in [5.41, 5.74) is 19.1. The van der Waals surface area contributed by atoms with Crippen molar-refractivity contribution < 1.29 is 0 Å². The van der Waals surface area contributed by atoms with E-state index < -0.39 is 0 Å². The summed E-state index contributed by atoms with van der Waals surface area (Å²) in [6.07, 6.45) is 0.903. The fourth-order valence-corrected chi connectivity index (χ4v) is 3.10. The largest absolute Gasteiger partial charge is 0.399 e. The molecule has 0 spiro atoms. The molecule has 0 aliphatic rings. The monoisotopic (exact) mass is 310 g/mol. The second-order valence-corrected chi connectivity index (χ2v) is 8.51. The molecular weight excluding hydrogens is 280 g/mol. The Balaban J connectivity index is 2.53. The zero-order valence-corrected chi connectivity index (χ0v) is 15.3. The van der Waals surface area contributed by atoms with E-state index in [2.05, 4.69) is 65.8 Å². The van der Waals surface area contributed by atoms with Gasteiger partial charge in [0, 0.05) is 11.4 Å². The molecule has 0 aliphatic carbocycles. The summed E-state index contributed by atoms with van der Waals surface area (Å²) in [5.74, 6) is 0. The van der Waals surface area contributed by atoms with Crippen molar-refractivity contribution in [3.63, 3.8) is 0 Å². The summed E-state index contributed by atoms with van der Waals surface area (Å²) < 4.78 is 0. The zero-order valence-electron chi connectivity index (χ0n) is 15.3. The minimum atomic E-state index is 0.0699. The molecule has 0 saturated carbocycles. The van der Waals surface area contributed by atoms with Crippen LogP contribution in [0.4, 0.5) is 11.4 Å². The van der Waals surface area contributed by atoms with Crippen molar-refractivity contribution >= 4 is 11.4 Å². The van der Waals surface area contributed by atoms with Gasteiger partial charge in [0.2, 0.25) is 0 Å². The van der Waals surface area contributed by atoms with Crippen LogP contribution in [0.5, 0.6) is 0 Å². The molecule has 2 heteroatoms. The molecule has 0 heterocycles. The first-order valence-corrected chi connectivity index (χ1v) is 8.26. The van der Waals surface area contributed by atoms with Gasteiger partial charge >= 0.3 is 0 Å². The molecule has 0 radical (unpaired) electrons. The Hall–Kier alpha value is -1.96. The van der Waals surface area contributed by atoms with Crippen LogP contribution >= 0.6 is 0 Å². The topological polar surface area (TPSA) is 52.0 Å². The minimum absolute atomic E-state index is 0.0699.